The maximum absolute atomic E-state index is 9.48. The number of aryl methyl sites for hydroxylation is 2. The summed E-state index contributed by atoms with van der Waals surface area (Å²) in [5.74, 6) is 0.367. The molecule has 4 nitrogen and oxygen atoms in total. The van der Waals surface area contributed by atoms with Crippen molar-refractivity contribution in [3.05, 3.63) is 47.3 Å². The highest BCUT2D eigenvalue weighted by Gasteiger charge is 2.21. The third kappa shape index (κ3) is 2.63. The predicted octanol–water partition coefficient (Wildman–Crippen LogP) is 2.17. The van der Waals surface area contributed by atoms with E-state index in [1.807, 2.05) is 23.0 Å². The zero-order chi connectivity index (χ0) is 13.2. The molecule has 0 amide bonds. The van der Waals surface area contributed by atoms with Gasteiger partial charge in [0.2, 0.25) is 0 Å². The Balaban J connectivity index is 1.58. The fourth-order valence-corrected chi connectivity index (χ4v) is 2.76. The number of phenols is 1. The van der Waals surface area contributed by atoms with Gasteiger partial charge in [-0.1, -0.05) is 6.07 Å². The Morgan fingerprint density at radius 2 is 2.37 bits per heavy atom. The first-order valence-corrected chi connectivity index (χ1v) is 6.76. The van der Waals surface area contributed by atoms with Crippen LogP contribution in [0.1, 0.15) is 29.2 Å². The molecule has 2 aromatic rings. The van der Waals surface area contributed by atoms with Crippen LogP contribution in [0.25, 0.3) is 0 Å². The molecule has 1 aliphatic carbocycles. The van der Waals surface area contributed by atoms with Gasteiger partial charge in [0.15, 0.2) is 0 Å². The lowest BCUT2D eigenvalue weighted by Gasteiger charge is -2.14. The minimum absolute atomic E-state index is 0.367. The van der Waals surface area contributed by atoms with Gasteiger partial charge in [-0.05, 0) is 48.6 Å². The van der Waals surface area contributed by atoms with Crippen LogP contribution in [-0.2, 0) is 13.0 Å². The molecule has 0 bridgehead atoms. The molecule has 4 heteroatoms. The molecule has 1 aliphatic rings. The van der Waals surface area contributed by atoms with E-state index in [1.54, 1.807) is 6.07 Å². The van der Waals surface area contributed by atoms with Gasteiger partial charge in [-0.25, -0.2) is 0 Å². The number of rotatable bonds is 4. The summed E-state index contributed by atoms with van der Waals surface area (Å²) in [4.78, 5) is 0. The number of benzene rings is 1. The van der Waals surface area contributed by atoms with Gasteiger partial charge in [-0.15, -0.1) is 0 Å². The van der Waals surface area contributed by atoms with Crippen LogP contribution >= 0.6 is 0 Å². The van der Waals surface area contributed by atoms with Crippen molar-refractivity contribution in [3.8, 4) is 5.75 Å². The molecule has 100 valence electrons. The lowest BCUT2D eigenvalue weighted by Crippen LogP contribution is -2.24. The molecule has 0 saturated carbocycles. The summed E-state index contributed by atoms with van der Waals surface area (Å²) in [6.45, 7) is 3.85. The van der Waals surface area contributed by atoms with Crippen molar-refractivity contribution in [3.63, 3.8) is 0 Å². The molecule has 19 heavy (non-hydrogen) atoms. The molecule has 2 N–H and O–H groups in total. The van der Waals surface area contributed by atoms with E-state index in [4.69, 9.17) is 0 Å². The second-order valence-electron chi connectivity index (χ2n) is 5.21. The molecular weight excluding hydrogens is 238 g/mol. The summed E-state index contributed by atoms with van der Waals surface area (Å²) in [5, 5.41) is 17.3. The predicted molar refractivity (Wildman–Crippen MR) is 74.1 cm³/mol. The molecule has 0 aliphatic heterocycles. The number of nitrogens with zero attached hydrogens (tertiary/aromatic N) is 2. The van der Waals surface area contributed by atoms with E-state index in [2.05, 4.69) is 23.5 Å². The van der Waals surface area contributed by atoms with Gasteiger partial charge >= 0.3 is 0 Å². The highest BCUT2D eigenvalue weighted by Crippen LogP contribution is 2.32. The van der Waals surface area contributed by atoms with Crippen molar-refractivity contribution in [1.82, 2.24) is 15.1 Å². The first-order chi connectivity index (χ1) is 9.22. The quantitative estimate of drug-likeness (QED) is 0.882. The number of aromatic hydroxyl groups is 1. The van der Waals surface area contributed by atoms with E-state index in [1.165, 1.54) is 16.7 Å². The van der Waals surface area contributed by atoms with Crippen molar-refractivity contribution < 1.29 is 5.11 Å². The number of hydrogen-bond acceptors (Lipinski definition) is 3. The van der Waals surface area contributed by atoms with Crippen LogP contribution in [0.5, 0.6) is 5.75 Å². The first-order valence-electron chi connectivity index (χ1n) is 6.76. The Morgan fingerprint density at radius 1 is 1.47 bits per heavy atom. The summed E-state index contributed by atoms with van der Waals surface area (Å²) in [5.41, 5.74) is 3.79. The number of phenolic OH excluding ortho intramolecular Hbond substituents is 1. The van der Waals surface area contributed by atoms with Crippen LogP contribution in [-0.4, -0.2) is 21.4 Å². The third-order valence-corrected chi connectivity index (χ3v) is 3.70. The molecular formula is C15H19N3O. The first kappa shape index (κ1) is 12.2. The van der Waals surface area contributed by atoms with Gasteiger partial charge in [0.1, 0.15) is 5.75 Å². The lowest BCUT2D eigenvalue weighted by atomic mass is 10.1. The smallest absolute Gasteiger partial charge is 0.115 e. The maximum atomic E-state index is 9.48. The molecule has 1 heterocycles. The van der Waals surface area contributed by atoms with Crippen molar-refractivity contribution in [2.75, 3.05) is 6.54 Å². The molecule has 1 unspecified atom stereocenters. The van der Waals surface area contributed by atoms with Crippen LogP contribution in [0.3, 0.4) is 0 Å². The fraction of sp³-hybridized carbons (Fsp3) is 0.400. The van der Waals surface area contributed by atoms with Crippen molar-refractivity contribution in [1.29, 1.82) is 0 Å². The van der Waals surface area contributed by atoms with Crippen LogP contribution in [0.2, 0.25) is 0 Å². The highest BCUT2D eigenvalue weighted by atomic mass is 16.3. The molecule has 0 radical (unpaired) electrons. The Labute approximate surface area is 113 Å². The lowest BCUT2D eigenvalue weighted by molar-refractivity contribution is 0.474. The molecule has 0 spiro atoms. The zero-order valence-electron chi connectivity index (χ0n) is 11.1. The van der Waals surface area contributed by atoms with Gasteiger partial charge in [0.05, 0.1) is 12.7 Å². The molecule has 0 saturated heterocycles. The van der Waals surface area contributed by atoms with Gasteiger partial charge in [0.25, 0.3) is 0 Å². The van der Waals surface area contributed by atoms with Crippen LogP contribution in [0.4, 0.5) is 0 Å². The molecule has 1 aromatic heterocycles. The van der Waals surface area contributed by atoms with Crippen molar-refractivity contribution in [2.24, 2.45) is 0 Å². The van der Waals surface area contributed by atoms with E-state index >= 15 is 0 Å². The second kappa shape index (κ2) is 5.05. The van der Waals surface area contributed by atoms with E-state index in [-0.39, 0.29) is 0 Å². The standard InChI is InChI=1S/C15H19N3O/c1-11-9-17-18(10-11)7-6-16-15-5-2-12-8-13(19)3-4-14(12)15/h3-4,8-10,15-16,19H,2,5-7H2,1H3. The van der Waals surface area contributed by atoms with E-state index < -0.39 is 0 Å². The van der Waals surface area contributed by atoms with Crippen molar-refractivity contribution in [2.45, 2.75) is 32.4 Å². The number of nitrogens with one attached hydrogen (secondary N) is 1. The fourth-order valence-electron chi connectivity index (χ4n) is 2.76. The number of hydrogen-bond donors (Lipinski definition) is 2. The second-order valence-corrected chi connectivity index (χ2v) is 5.21. The highest BCUT2D eigenvalue weighted by molar-refractivity contribution is 5.39. The molecule has 0 fully saturated rings. The Morgan fingerprint density at radius 3 is 3.16 bits per heavy atom. The summed E-state index contributed by atoms with van der Waals surface area (Å²) in [6, 6.07) is 6.10. The minimum Gasteiger partial charge on any atom is -0.508 e. The van der Waals surface area contributed by atoms with Crippen molar-refractivity contribution >= 4 is 0 Å². The van der Waals surface area contributed by atoms with E-state index in [0.29, 0.717) is 11.8 Å². The average Bonchev–Trinajstić information content (AvgIpc) is 2.96. The van der Waals surface area contributed by atoms with Gasteiger partial charge in [0, 0.05) is 18.8 Å². The number of aromatic nitrogens is 2. The van der Waals surface area contributed by atoms with E-state index in [9.17, 15) is 5.11 Å². The normalized spacial score (nSPS) is 17.6. The van der Waals surface area contributed by atoms with Gasteiger partial charge < -0.3 is 10.4 Å². The Bertz CT molecular complexity index is 577. The number of fused-ring (bicyclic) bond motifs is 1. The summed E-state index contributed by atoms with van der Waals surface area (Å²) < 4.78 is 1.97. The monoisotopic (exact) mass is 257 g/mol. The Kier molecular flexibility index (Phi) is 3.25. The minimum atomic E-state index is 0.367. The summed E-state index contributed by atoms with van der Waals surface area (Å²) in [6.07, 6.45) is 6.09. The topological polar surface area (TPSA) is 50.1 Å². The molecule has 1 aromatic carbocycles. The van der Waals surface area contributed by atoms with E-state index in [0.717, 1.165) is 25.9 Å². The molecule has 3 rings (SSSR count). The Hall–Kier alpha value is -1.81. The summed E-state index contributed by atoms with van der Waals surface area (Å²) in [7, 11) is 0. The van der Waals surface area contributed by atoms with Gasteiger partial charge in [-0.2, -0.15) is 5.10 Å². The van der Waals surface area contributed by atoms with Gasteiger partial charge in [-0.3, -0.25) is 4.68 Å². The third-order valence-electron chi connectivity index (χ3n) is 3.70. The maximum Gasteiger partial charge on any atom is 0.115 e. The summed E-state index contributed by atoms with van der Waals surface area (Å²) >= 11 is 0. The average molecular weight is 257 g/mol. The van der Waals surface area contributed by atoms with Crippen LogP contribution in [0.15, 0.2) is 30.6 Å². The largest absolute Gasteiger partial charge is 0.508 e. The zero-order valence-corrected chi connectivity index (χ0v) is 11.1. The van der Waals surface area contributed by atoms with Crippen LogP contribution < -0.4 is 5.32 Å². The molecule has 1 atom stereocenters. The SMILES string of the molecule is Cc1cnn(CCNC2CCc3cc(O)ccc32)c1. The van der Waals surface area contributed by atoms with Crippen LogP contribution in [0, 0.1) is 6.92 Å².